The first-order valence-corrected chi connectivity index (χ1v) is 6.97. The van der Waals surface area contributed by atoms with Crippen LogP contribution >= 0.6 is 11.3 Å². The molecular weight excluding hydrogens is 236 g/mol. The summed E-state index contributed by atoms with van der Waals surface area (Å²) in [6, 6.07) is 0. The lowest BCUT2D eigenvalue weighted by molar-refractivity contribution is 0.600. The lowest BCUT2D eigenvalue weighted by Crippen LogP contribution is -2.00. The van der Waals surface area contributed by atoms with E-state index < -0.39 is 9.84 Å². The number of hydrogen-bond acceptors (Lipinski definition) is 6. The zero-order valence-electron chi connectivity index (χ0n) is 7.86. The van der Waals surface area contributed by atoms with E-state index in [-0.39, 0.29) is 5.75 Å². The van der Waals surface area contributed by atoms with Crippen LogP contribution in [0.25, 0.3) is 5.13 Å². The molecule has 8 heteroatoms. The number of aromatic nitrogens is 4. The van der Waals surface area contributed by atoms with E-state index in [1.165, 1.54) is 16.0 Å². The summed E-state index contributed by atoms with van der Waals surface area (Å²) in [4.78, 5) is 4.03. The summed E-state index contributed by atoms with van der Waals surface area (Å²) in [6.07, 6.45) is 4.38. The molecule has 0 N–H and O–H groups in total. The number of sulfone groups is 1. The average Bonchev–Trinajstić information content (AvgIpc) is 2.68. The highest BCUT2D eigenvalue weighted by Gasteiger charge is 2.10. The molecule has 0 spiro atoms. The molecule has 0 aliphatic rings. The molecule has 0 bridgehead atoms. The standard InChI is InChI=1S/C7H8N4O2S2/c1-15(12,13)5-6-4-11(10-9-6)7-8-2-3-14-7/h2-4H,5H2,1H3. The second-order valence-corrected chi connectivity index (χ2v) is 6.05. The first-order chi connectivity index (χ1) is 7.04. The second kappa shape index (κ2) is 3.70. The van der Waals surface area contributed by atoms with Crippen LogP contribution in [-0.4, -0.2) is 34.7 Å². The van der Waals surface area contributed by atoms with Gasteiger partial charge in [0.2, 0.25) is 5.13 Å². The highest BCUT2D eigenvalue weighted by Crippen LogP contribution is 2.10. The largest absolute Gasteiger partial charge is 0.229 e. The van der Waals surface area contributed by atoms with Crippen molar-refractivity contribution in [2.45, 2.75) is 5.75 Å². The van der Waals surface area contributed by atoms with Gasteiger partial charge in [0, 0.05) is 17.8 Å². The monoisotopic (exact) mass is 244 g/mol. The Hall–Kier alpha value is -1.28. The molecule has 2 heterocycles. The number of rotatable bonds is 3. The number of thiazole rings is 1. The van der Waals surface area contributed by atoms with Crippen LogP contribution in [0.2, 0.25) is 0 Å². The molecule has 0 saturated heterocycles. The van der Waals surface area contributed by atoms with Gasteiger partial charge in [0.05, 0.1) is 17.6 Å². The normalized spacial score (nSPS) is 11.8. The highest BCUT2D eigenvalue weighted by molar-refractivity contribution is 7.89. The maximum Gasteiger partial charge on any atom is 0.211 e. The van der Waals surface area contributed by atoms with Crippen LogP contribution in [0.4, 0.5) is 0 Å². The van der Waals surface area contributed by atoms with Gasteiger partial charge in [-0.3, -0.25) is 0 Å². The molecule has 0 saturated carbocycles. The van der Waals surface area contributed by atoms with E-state index >= 15 is 0 Å². The van der Waals surface area contributed by atoms with Gasteiger partial charge in [-0.15, -0.1) is 16.4 Å². The van der Waals surface area contributed by atoms with Crippen molar-refractivity contribution in [1.82, 2.24) is 20.0 Å². The number of nitrogens with zero attached hydrogens (tertiary/aromatic N) is 4. The summed E-state index contributed by atoms with van der Waals surface area (Å²) in [7, 11) is -3.07. The third-order valence-electron chi connectivity index (χ3n) is 1.57. The quantitative estimate of drug-likeness (QED) is 0.774. The van der Waals surface area contributed by atoms with Gasteiger partial charge in [0.1, 0.15) is 0 Å². The van der Waals surface area contributed by atoms with Crippen molar-refractivity contribution in [1.29, 1.82) is 0 Å². The first kappa shape index (κ1) is 10.2. The predicted molar refractivity (Wildman–Crippen MR) is 55.6 cm³/mol. The van der Waals surface area contributed by atoms with Gasteiger partial charge in [-0.25, -0.2) is 13.4 Å². The van der Waals surface area contributed by atoms with E-state index in [1.807, 2.05) is 5.38 Å². The first-order valence-electron chi connectivity index (χ1n) is 4.03. The predicted octanol–water partition coefficient (Wildman–Crippen LogP) is 0.268. The van der Waals surface area contributed by atoms with Crippen molar-refractivity contribution in [3.63, 3.8) is 0 Å². The Morgan fingerprint density at radius 1 is 1.53 bits per heavy atom. The third-order valence-corrected chi connectivity index (χ3v) is 3.15. The van der Waals surface area contributed by atoms with E-state index in [9.17, 15) is 8.42 Å². The fraction of sp³-hybridized carbons (Fsp3) is 0.286. The van der Waals surface area contributed by atoms with Crippen LogP contribution in [0.5, 0.6) is 0 Å². The Morgan fingerprint density at radius 3 is 2.93 bits per heavy atom. The van der Waals surface area contributed by atoms with E-state index in [0.29, 0.717) is 10.8 Å². The van der Waals surface area contributed by atoms with E-state index in [0.717, 1.165) is 6.26 Å². The van der Waals surface area contributed by atoms with Crippen molar-refractivity contribution >= 4 is 21.2 Å². The average molecular weight is 244 g/mol. The Labute approximate surface area is 90.5 Å². The third kappa shape index (κ3) is 2.60. The molecule has 0 aromatic carbocycles. The van der Waals surface area contributed by atoms with Gasteiger partial charge in [-0.1, -0.05) is 5.21 Å². The molecule has 15 heavy (non-hydrogen) atoms. The summed E-state index contributed by atoms with van der Waals surface area (Å²) in [5.74, 6) is -0.0988. The summed E-state index contributed by atoms with van der Waals surface area (Å²) in [5, 5.41) is 10.0. The maximum absolute atomic E-state index is 11.0. The van der Waals surface area contributed by atoms with Crippen LogP contribution in [0.15, 0.2) is 17.8 Å². The molecule has 2 rings (SSSR count). The van der Waals surface area contributed by atoms with Gasteiger partial charge >= 0.3 is 0 Å². The van der Waals surface area contributed by atoms with Crippen LogP contribution in [0, 0.1) is 0 Å². The Morgan fingerprint density at radius 2 is 2.33 bits per heavy atom. The SMILES string of the molecule is CS(=O)(=O)Cc1cn(-c2nccs2)nn1. The molecular formula is C7H8N4O2S2. The topological polar surface area (TPSA) is 77.7 Å². The second-order valence-electron chi connectivity index (χ2n) is 3.04. The Balaban J connectivity index is 2.25. The highest BCUT2D eigenvalue weighted by atomic mass is 32.2. The van der Waals surface area contributed by atoms with Gasteiger partial charge in [0.25, 0.3) is 0 Å². The van der Waals surface area contributed by atoms with Crippen molar-refractivity contribution < 1.29 is 8.42 Å². The smallest absolute Gasteiger partial charge is 0.211 e. The van der Waals surface area contributed by atoms with Gasteiger partial charge < -0.3 is 0 Å². The van der Waals surface area contributed by atoms with Crippen LogP contribution in [0.1, 0.15) is 5.69 Å². The minimum absolute atomic E-state index is 0.0988. The molecule has 0 fully saturated rings. The summed E-state index contributed by atoms with van der Waals surface area (Å²) in [6.45, 7) is 0. The molecule has 0 atom stereocenters. The lowest BCUT2D eigenvalue weighted by Gasteiger charge is -1.91. The fourth-order valence-electron chi connectivity index (χ4n) is 1.06. The molecule has 0 amide bonds. The summed E-state index contributed by atoms with van der Waals surface area (Å²) < 4.78 is 23.5. The molecule has 0 unspecified atom stereocenters. The molecule has 0 radical (unpaired) electrons. The zero-order chi connectivity index (χ0) is 10.9. The van der Waals surface area contributed by atoms with Crippen LogP contribution < -0.4 is 0 Å². The molecule has 0 aliphatic heterocycles. The number of hydrogen-bond donors (Lipinski definition) is 0. The minimum atomic E-state index is -3.07. The minimum Gasteiger partial charge on any atom is -0.229 e. The molecule has 0 aliphatic carbocycles. The Kier molecular flexibility index (Phi) is 2.53. The zero-order valence-corrected chi connectivity index (χ0v) is 9.49. The van der Waals surface area contributed by atoms with Gasteiger partial charge in [-0.05, 0) is 0 Å². The summed E-state index contributed by atoms with van der Waals surface area (Å²) in [5.41, 5.74) is 0.424. The molecule has 2 aromatic rings. The van der Waals surface area contributed by atoms with Crippen molar-refractivity contribution in [2.75, 3.05) is 6.26 Å². The molecule has 80 valence electrons. The van der Waals surface area contributed by atoms with E-state index in [2.05, 4.69) is 15.3 Å². The van der Waals surface area contributed by atoms with E-state index in [4.69, 9.17) is 0 Å². The van der Waals surface area contributed by atoms with Crippen molar-refractivity contribution in [3.05, 3.63) is 23.5 Å². The van der Waals surface area contributed by atoms with Crippen molar-refractivity contribution in [3.8, 4) is 5.13 Å². The maximum atomic E-state index is 11.0. The van der Waals surface area contributed by atoms with Crippen LogP contribution in [0.3, 0.4) is 0 Å². The van der Waals surface area contributed by atoms with Gasteiger partial charge in [-0.2, -0.15) is 4.68 Å². The lowest BCUT2D eigenvalue weighted by atomic mass is 10.6. The Bertz CT molecular complexity index is 543. The van der Waals surface area contributed by atoms with Gasteiger partial charge in [0.15, 0.2) is 9.84 Å². The summed E-state index contributed by atoms with van der Waals surface area (Å²) >= 11 is 1.41. The fourth-order valence-corrected chi connectivity index (χ4v) is 2.29. The van der Waals surface area contributed by atoms with Crippen molar-refractivity contribution in [2.24, 2.45) is 0 Å². The molecule has 2 aromatic heterocycles. The molecule has 6 nitrogen and oxygen atoms in total. The van der Waals surface area contributed by atoms with Crippen LogP contribution in [-0.2, 0) is 15.6 Å². The van der Waals surface area contributed by atoms with E-state index in [1.54, 1.807) is 12.4 Å².